The Balaban J connectivity index is 3.13. The number of halogens is 1. The molecule has 0 bridgehead atoms. The van der Waals surface area contributed by atoms with Crippen molar-refractivity contribution in [2.75, 3.05) is 6.54 Å². The molecule has 0 fully saturated rings. The summed E-state index contributed by atoms with van der Waals surface area (Å²) in [6, 6.07) is 4.06. The van der Waals surface area contributed by atoms with Crippen LogP contribution >= 0.6 is 0 Å². The minimum atomic E-state index is -1.31. The van der Waals surface area contributed by atoms with E-state index < -0.39 is 6.17 Å². The van der Waals surface area contributed by atoms with E-state index in [4.69, 9.17) is 5.73 Å². The number of carbonyl (C=O) groups is 1. The molecule has 1 rings (SSSR count). The topological polar surface area (TPSA) is 63.3 Å². The summed E-state index contributed by atoms with van der Waals surface area (Å²) in [5, 5.41) is 9.28. The van der Waals surface area contributed by atoms with Gasteiger partial charge in [0.1, 0.15) is 11.9 Å². The number of phenols is 1. The van der Waals surface area contributed by atoms with E-state index in [0.29, 0.717) is 5.56 Å². The van der Waals surface area contributed by atoms with Gasteiger partial charge in [-0.1, -0.05) is 0 Å². The molecule has 1 atom stereocenters. The molecule has 14 heavy (non-hydrogen) atoms. The van der Waals surface area contributed by atoms with Crippen LogP contribution in [-0.4, -0.2) is 17.4 Å². The Labute approximate surface area is 81.4 Å². The number of aromatic hydroxyl groups is 1. The van der Waals surface area contributed by atoms with E-state index in [1.807, 2.05) is 0 Å². The molecule has 0 aromatic heterocycles. The molecule has 0 saturated heterocycles. The predicted molar refractivity (Wildman–Crippen MR) is 51.0 cm³/mol. The zero-order chi connectivity index (χ0) is 10.7. The van der Waals surface area contributed by atoms with Crippen molar-refractivity contribution in [1.29, 1.82) is 0 Å². The quantitative estimate of drug-likeness (QED) is 0.723. The summed E-state index contributed by atoms with van der Waals surface area (Å²) in [7, 11) is 0. The molecule has 3 nitrogen and oxygen atoms in total. The fraction of sp³-hybridized carbons (Fsp3) is 0.300. The van der Waals surface area contributed by atoms with Crippen molar-refractivity contribution < 1.29 is 14.3 Å². The fourth-order valence-electron chi connectivity index (χ4n) is 1.16. The summed E-state index contributed by atoms with van der Waals surface area (Å²) in [5.41, 5.74) is 5.60. The lowest BCUT2D eigenvalue weighted by molar-refractivity contribution is 0.100. The number of carbonyl (C=O) groups excluding carboxylic acids is 1. The molecule has 0 radical (unpaired) electrons. The molecule has 0 heterocycles. The van der Waals surface area contributed by atoms with Gasteiger partial charge >= 0.3 is 0 Å². The number of rotatable bonds is 3. The highest BCUT2D eigenvalue weighted by molar-refractivity contribution is 5.97. The smallest absolute Gasteiger partial charge is 0.176 e. The van der Waals surface area contributed by atoms with Gasteiger partial charge < -0.3 is 10.8 Å². The predicted octanol–water partition coefficient (Wildman–Crippen LogP) is 1.56. The molecule has 3 N–H and O–H groups in total. The number of hydrogen-bond donors (Lipinski definition) is 2. The summed E-state index contributed by atoms with van der Waals surface area (Å²) in [4.78, 5) is 11.2. The van der Waals surface area contributed by atoms with Crippen molar-refractivity contribution in [2.24, 2.45) is 5.73 Å². The molecule has 1 aromatic rings. The lowest BCUT2D eigenvalue weighted by atomic mass is 10.0. The second-order valence-electron chi connectivity index (χ2n) is 3.02. The van der Waals surface area contributed by atoms with Gasteiger partial charge in [-0.25, -0.2) is 4.39 Å². The van der Waals surface area contributed by atoms with E-state index in [2.05, 4.69) is 0 Å². The van der Waals surface area contributed by atoms with Crippen LogP contribution < -0.4 is 5.73 Å². The lowest BCUT2D eigenvalue weighted by Crippen LogP contribution is -2.13. The second-order valence-corrected chi connectivity index (χ2v) is 3.02. The first-order valence-electron chi connectivity index (χ1n) is 4.26. The van der Waals surface area contributed by atoms with Crippen molar-refractivity contribution in [1.82, 2.24) is 0 Å². The third-order valence-electron chi connectivity index (χ3n) is 1.96. The maximum Gasteiger partial charge on any atom is 0.176 e. The third-order valence-corrected chi connectivity index (χ3v) is 1.96. The second kappa shape index (κ2) is 4.19. The van der Waals surface area contributed by atoms with Crippen LogP contribution in [0.4, 0.5) is 4.39 Å². The molecule has 1 aromatic carbocycles. The molecule has 0 saturated carbocycles. The molecule has 0 amide bonds. The normalized spacial score (nSPS) is 12.5. The molecule has 4 heteroatoms. The highest BCUT2D eigenvalue weighted by Crippen LogP contribution is 2.27. The minimum Gasteiger partial charge on any atom is -0.508 e. The molecule has 1 unspecified atom stereocenters. The highest BCUT2D eigenvalue weighted by Gasteiger charge is 2.12. The number of hydrogen-bond acceptors (Lipinski definition) is 3. The van der Waals surface area contributed by atoms with Crippen molar-refractivity contribution in [3.8, 4) is 5.75 Å². The Hall–Kier alpha value is -1.42. The summed E-state index contributed by atoms with van der Waals surface area (Å²) < 4.78 is 12.9. The van der Waals surface area contributed by atoms with E-state index in [0.717, 1.165) is 0 Å². The third kappa shape index (κ3) is 2.09. The van der Waals surface area contributed by atoms with E-state index in [9.17, 15) is 14.3 Å². The summed E-state index contributed by atoms with van der Waals surface area (Å²) in [5.74, 6) is -0.416. The number of benzene rings is 1. The van der Waals surface area contributed by atoms with Gasteiger partial charge in [-0.15, -0.1) is 0 Å². The molecule has 76 valence electrons. The first-order chi connectivity index (χ1) is 6.56. The number of phenolic OH excluding ortho intramolecular Hbond substituents is 1. The van der Waals surface area contributed by atoms with Gasteiger partial charge in [-0.2, -0.15) is 0 Å². The molecule has 0 aliphatic rings. The number of ketones is 1. The SMILES string of the molecule is CC(F)c1cc(C(=O)CN)ccc1O. The van der Waals surface area contributed by atoms with Gasteiger partial charge in [0.05, 0.1) is 6.54 Å². The van der Waals surface area contributed by atoms with Crippen LogP contribution in [0.15, 0.2) is 18.2 Å². The number of alkyl halides is 1. The van der Waals surface area contributed by atoms with Gasteiger partial charge in [0.2, 0.25) is 0 Å². The van der Waals surface area contributed by atoms with Gasteiger partial charge in [0.25, 0.3) is 0 Å². The van der Waals surface area contributed by atoms with Crippen molar-refractivity contribution in [3.05, 3.63) is 29.3 Å². The summed E-state index contributed by atoms with van der Waals surface area (Å²) in [6.07, 6.45) is -1.31. The Bertz CT molecular complexity index is 350. The molecule has 0 aliphatic heterocycles. The monoisotopic (exact) mass is 197 g/mol. The maximum absolute atomic E-state index is 12.9. The van der Waals surface area contributed by atoms with Gasteiger partial charge in [0.15, 0.2) is 5.78 Å². The standard InChI is InChI=1S/C10H12FNO2/c1-6(11)8-4-7(10(14)5-12)2-3-9(8)13/h2-4,6,13H,5,12H2,1H3. The van der Waals surface area contributed by atoms with Crippen LogP contribution in [-0.2, 0) is 0 Å². The van der Waals surface area contributed by atoms with Gasteiger partial charge in [0, 0.05) is 11.1 Å². The summed E-state index contributed by atoms with van der Waals surface area (Å²) in [6.45, 7) is 1.18. The van der Waals surface area contributed by atoms with Crippen molar-refractivity contribution in [3.63, 3.8) is 0 Å². The molecule has 0 spiro atoms. The van der Waals surface area contributed by atoms with E-state index in [1.54, 1.807) is 0 Å². The fourth-order valence-corrected chi connectivity index (χ4v) is 1.16. The highest BCUT2D eigenvalue weighted by atomic mass is 19.1. The lowest BCUT2D eigenvalue weighted by Gasteiger charge is -2.07. The Morgan fingerprint density at radius 2 is 2.29 bits per heavy atom. The maximum atomic E-state index is 12.9. The molecular formula is C10H12FNO2. The molecule has 0 aliphatic carbocycles. The average molecular weight is 197 g/mol. The first kappa shape index (κ1) is 10.7. The first-order valence-corrected chi connectivity index (χ1v) is 4.26. The van der Waals surface area contributed by atoms with E-state index >= 15 is 0 Å². The van der Waals surface area contributed by atoms with Crippen LogP contribution in [0.3, 0.4) is 0 Å². The number of nitrogens with two attached hydrogens (primary N) is 1. The zero-order valence-electron chi connectivity index (χ0n) is 7.83. The average Bonchev–Trinajstić information content (AvgIpc) is 2.17. The van der Waals surface area contributed by atoms with Crippen LogP contribution in [0.1, 0.15) is 29.0 Å². The largest absolute Gasteiger partial charge is 0.508 e. The van der Waals surface area contributed by atoms with Crippen LogP contribution in [0.25, 0.3) is 0 Å². The van der Waals surface area contributed by atoms with E-state index in [1.165, 1.54) is 25.1 Å². The van der Waals surface area contributed by atoms with Gasteiger partial charge in [-0.3, -0.25) is 4.79 Å². The minimum absolute atomic E-state index is 0.115. The van der Waals surface area contributed by atoms with Crippen LogP contribution in [0, 0.1) is 0 Å². The zero-order valence-corrected chi connectivity index (χ0v) is 7.83. The van der Waals surface area contributed by atoms with Crippen molar-refractivity contribution >= 4 is 5.78 Å². The number of Topliss-reactive ketones (excluding diaryl/α,β-unsaturated/α-hetero) is 1. The van der Waals surface area contributed by atoms with Crippen LogP contribution in [0.5, 0.6) is 5.75 Å². The van der Waals surface area contributed by atoms with Crippen molar-refractivity contribution in [2.45, 2.75) is 13.1 Å². The molecular weight excluding hydrogens is 185 g/mol. The Morgan fingerprint density at radius 3 is 2.79 bits per heavy atom. The Morgan fingerprint density at radius 1 is 1.64 bits per heavy atom. The Kier molecular flexibility index (Phi) is 3.19. The summed E-state index contributed by atoms with van der Waals surface area (Å²) >= 11 is 0. The van der Waals surface area contributed by atoms with Crippen LogP contribution in [0.2, 0.25) is 0 Å². The van der Waals surface area contributed by atoms with E-state index in [-0.39, 0.29) is 23.6 Å². The van der Waals surface area contributed by atoms with Gasteiger partial charge in [-0.05, 0) is 25.1 Å².